The van der Waals surface area contributed by atoms with Crippen LogP contribution >= 0.6 is 15.9 Å². The predicted molar refractivity (Wildman–Crippen MR) is 75.2 cm³/mol. The molecule has 0 bridgehead atoms. The van der Waals surface area contributed by atoms with Crippen LogP contribution in [0, 0.1) is 0 Å². The summed E-state index contributed by atoms with van der Waals surface area (Å²) in [6, 6.07) is 3.52. The number of hydrogen-bond acceptors (Lipinski definition) is 7. The number of anilines is 1. The van der Waals surface area contributed by atoms with E-state index in [-0.39, 0.29) is 0 Å². The van der Waals surface area contributed by atoms with Crippen molar-refractivity contribution in [3.8, 4) is 11.7 Å². The molecule has 3 aromatic heterocycles. The van der Waals surface area contributed by atoms with Gasteiger partial charge in [0.05, 0.1) is 5.69 Å². The number of aromatic nitrogens is 5. The first kappa shape index (κ1) is 12.6. The maximum absolute atomic E-state index is 5.85. The van der Waals surface area contributed by atoms with Gasteiger partial charge >= 0.3 is 0 Å². The molecule has 0 atom stereocenters. The Morgan fingerprint density at radius 2 is 2.10 bits per heavy atom. The van der Waals surface area contributed by atoms with Gasteiger partial charge in [-0.25, -0.2) is 4.68 Å². The lowest BCUT2D eigenvalue weighted by atomic mass is 10.3. The van der Waals surface area contributed by atoms with Gasteiger partial charge in [0.1, 0.15) is 6.54 Å². The molecule has 1 saturated carbocycles. The highest BCUT2D eigenvalue weighted by atomic mass is 79.9. The summed E-state index contributed by atoms with van der Waals surface area (Å²) in [5.74, 6) is 2.21. The van der Waals surface area contributed by atoms with Crippen molar-refractivity contribution in [2.24, 2.45) is 0 Å². The van der Waals surface area contributed by atoms with Crippen LogP contribution in [-0.4, -0.2) is 25.2 Å². The molecule has 4 rings (SSSR count). The molecule has 0 radical (unpaired) electrons. The summed E-state index contributed by atoms with van der Waals surface area (Å²) in [5.41, 5.74) is 6.81. The maximum atomic E-state index is 5.85. The third kappa shape index (κ3) is 2.33. The van der Waals surface area contributed by atoms with E-state index in [0.717, 1.165) is 18.5 Å². The van der Waals surface area contributed by atoms with Crippen molar-refractivity contribution in [1.29, 1.82) is 0 Å². The average molecular weight is 351 g/mol. The summed E-state index contributed by atoms with van der Waals surface area (Å²) in [4.78, 5) is 0. The highest BCUT2D eigenvalue weighted by Crippen LogP contribution is 2.42. The van der Waals surface area contributed by atoms with Crippen LogP contribution in [0.25, 0.3) is 11.7 Å². The topological polar surface area (TPSA) is 109 Å². The fraction of sp³-hybridized carbons (Fsp3) is 0.333. The van der Waals surface area contributed by atoms with Crippen molar-refractivity contribution in [3.63, 3.8) is 0 Å². The molecule has 2 N–H and O–H groups in total. The fourth-order valence-electron chi connectivity index (χ4n) is 2.20. The Morgan fingerprint density at radius 3 is 2.81 bits per heavy atom. The zero-order valence-electron chi connectivity index (χ0n) is 10.9. The van der Waals surface area contributed by atoms with Crippen LogP contribution in [-0.2, 0) is 6.54 Å². The molecule has 1 fully saturated rings. The third-order valence-corrected chi connectivity index (χ3v) is 3.73. The number of hydrogen-bond donors (Lipinski definition) is 1. The average Bonchev–Trinajstić information content (AvgIpc) is 2.85. The van der Waals surface area contributed by atoms with Crippen LogP contribution in [0.1, 0.15) is 30.3 Å². The summed E-state index contributed by atoms with van der Waals surface area (Å²) >= 11 is 3.23. The quantitative estimate of drug-likeness (QED) is 0.767. The van der Waals surface area contributed by atoms with Crippen LogP contribution in [0.5, 0.6) is 0 Å². The zero-order chi connectivity index (χ0) is 14.4. The van der Waals surface area contributed by atoms with Crippen molar-refractivity contribution in [2.75, 3.05) is 5.73 Å². The van der Waals surface area contributed by atoms with Gasteiger partial charge in [-0.1, -0.05) is 5.21 Å². The summed E-state index contributed by atoms with van der Waals surface area (Å²) in [6.07, 6.45) is 2.24. The number of nitrogens with zero attached hydrogens (tertiary/aromatic N) is 5. The Labute approximate surface area is 127 Å². The summed E-state index contributed by atoms with van der Waals surface area (Å²) in [6.45, 7) is 0.352. The summed E-state index contributed by atoms with van der Waals surface area (Å²) in [5, 5.41) is 15.9. The summed E-state index contributed by atoms with van der Waals surface area (Å²) < 4.78 is 13.3. The third-order valence-electron chi connectivity index (χ3n) is 3.30. The minimum absolute atomic E-state index is 0.330. The van der Waals surface area contributed by atoms with Crippen LogP contribution in [0.15, 0.2) is 25.6 Å². The first-order valence-electron chi connectivity index (χ1n) is 6.47. The standard InChI is InChI=1S/C12H11BrN6O2/c13-8-4-3-7(20-8)12-17-15-9(21-12)5-19-10(6-1-2-6)11(14)16-18-19/h3-4,6H,1-2,5,14H2. The van der Waals surface area contributed by atoms with Gasteiger partial charge < -0.3 is 14.6 Å². The lowest BCUT2D eigenvalue weighted by Gasteiger charge is -2.01. The molecular formula is C12H11BrN6O2. The zero-order valence-corrected chi connectivity index (χ0v) is 12.4. The van der Waals surface area contributed by atoms with Gasteiger partial charge in [0.15, 0.2) is 16.2 Å². The van der Waals surface area contributed by atoms with Gasteiger partial charge in [0.25, 0.3) is 5.89 Å². The van der Waals surface area contributed by atoms with Crippen molar-refractivity contribution in [1.82, 2.24) is 25.2 Å². The normalized spacial score (nSPS) is 14.7. The summed E-state index contributed by atoms with van der Waals surface area (Å²) in [7, 11) is 0. The molecule has 9 heteroatoms. The molecule has 0 amide bonds. The second kappa shape index (κ2) is 4.69. The van der Waals surface area contributed by atoms with E-state index in [2.05, 4.69) is 36.4 Å². The Bertz CT molecular complexity index is 787. The molecule has 0 aromatic carbocycles. The largest absolute Gasteiger partial charge is 0.444 e. The van der Waals surface area contributed by atoms with E-state index in [1.165, 1.54) is 0 Å². The van der Waals surface area contributed by atoms with E-state index in [9.17, 15) is 0 Å². The minimum Gasteiger partial charge on any atom is -0.444 e. The molecule has 0 saturated heterocycles. The second-order valence-corrected chi connectivity index (χ2v) is 5.68. The molecule has 0 spiro atoms. The van der Waals surface area contributed by atoms with Gasteiger partial charge in [-0.05, 0) is 40.9 Å². The Kier molecular flexibility index (Phi) is 2.81. The molecule has 8 nitrogen and oxygen atoms in total. The van der Waals surface area contributed by atoms with Crippen molar-refractivity contribution >= 4 is 21.7 Å². The monoisotopic (exact) mass is 350 g/mol. The SMILES string of the molecule is Nc1nnn(Cc2nnc(-c3ccc(Br)o3)o2)c1C1CC1. The van der Waals surface area contributed by atoms with E-state index in [1.54, 1.807) is 16.8 Å². The van der Waals surface area contributed by atoms with E-state index in [1.807, 2.05) is 0 Å². The van der Waals surface area contributed by atoms with Crippen LogP contribution < -0.4 is 5.73 Å². The van der Waals surface area contributed by atoms with Crippen LogP contribution in [0.4, 0.5) is 5.82 Å². The Morgan fingerprint density at radius 1 is 1.24 bits per heavy atom. The van der Waals surface area contributed by atoms with Gasteiger partial charge in [-0.3, -0.25) is 0 Å². The number of halogens is 1. The second-order valence-electron chi connectivity index (χ2n) is 4.90. The fourth-order valence-corrected chi connectivity index (χ4v) is 2.51. The van der Waals surface area contributed by atoms with Crippen LogP contribution in [0.2, 0.25) is 0 Å². The number of nitrogen functional groups attached to an aromatic ring is 1. The van der Waals surface area contributed by atoms with Gasteiger partial charge in [-0.2, -0.15) is 0 Å². The first-order valence-corrected chi connectivity index (χ1v) is 7.27. The van der Waals surface area contributed by atoms with Crippen molar-refractivity contribution in [2.45, 2.75) is 25.3 Å². The van der Waals surface area contributed by atoms with E-state index < -0.39 is 0 Å². The Balaban J connectivity index is 1.59. The van der Waals surface area contributed by atoms with E-state index in [0.29, 0.717) is 40.5 Å². The molecular weight excluding hydrogens is 340 g/mol. The molecule has 3 heterocycles. The predicted octanol–water partition coefficient (Wildman–Crippen LogP) is 2.19. The molecule has 108 valence electrons. The van der Waals surface area contributed by atoms with E-state index >= 15 is 0 Å². The van der Waals surface area contributed by atoms with Gasteiger partial charge in [-0.15, -0.1) is 15.3 Å². The van der Waals surface area contributed by atoms with Crippen LogP contribution in [0.3, 0.4) is 0 Å². The number of nitrogens with two attached hydrogens (primary N) is 1. The van der Waals surface area contributed by atoms with Crippen molar-refractivity contribution < 1.29 is 8.83 Å². The lowest BCUT2D eigenvalue weighted by Crippen LogP contribution is -2.07. The highest BCUT2D eigenvalue weighted by molar-refractivity contribution is 9.10. The first-order chi connectivity index (χ1) is 10.2. The molecule has 0 unspecified atom stereocenters. The van der Waals surface area contributed by atoms with Gasteiger partial charge in [0, 0.05) is 5.92 Å². The molecule has 1 aliphatic carbocycles. The minimum atomic E-state index is 0.330. The molecule has 1 aliphatic rings. The van der Waals surface area contributed by atoms with E-state index in [4.69, 9.17) is 14.6 Å². The molecule has 0 aliphatic heterocycles. The lowest BCUT2D eigenvalue weighted by molar-refractivity contribution is 0.447. The Hall–Kier alpha value is -2.16. The van der Waals surface area contributed by atoms with Crippen molar-refractivity contribution in [3.05, 3.63) is 28.4 Å². The highest BCUT2D eigenvalue weighted by Gasteiger charge is 2.31. The maximum Gasteiger partial charge on any atom is 0.283 e. The number of furan rings is 1. The smallest absolute Gasteiger partial charge is 0.283 e. The molecule has 3 aromatic rings. The number of rotatable bonds is 4. The molecule has 21 heavy (non-hydrogen) atoms. The van der Waals surface area contributed by atoms with Gasteiger partial charge in [0.2, 0.25) is 5.89 Å².